The molecule has 0 aliphatic heterocycles. The molecule has 0 spiro atoms. The van der Waals surface area contributed by atoms with Gasteiger partial charge in [0.25, 0.3) is 5.91 Å². The molecule has 1 amide bonds. The SMILES string of the molecule is COc1cccc(C(=O)Nc2ccn(C)n2)c1N. The molecule has 1 aromatic heterocycles. The van der Waals surface area contributed by atoms with Gasteiger partial charge < -0.3 is 15.8 Å². The highest BCUT2D eigenvalue weighted by Gasteiger charge is 2.13. The number of rotatable bonds is 3. The van der Waals surface area contributed by atoms with E-state index in [1.165, 1.54) is 7.11 Å². The number of nitrogen functional groups attached to an aromatic ring is 1. The fourth-order valence-corrected chi connectivity index (χ4v) is 1.59. The van der Waals surface area contributed by atoms with E-state index < -0.39 is 0 Å². The summed E-state index contributed by atoms with van der Waals surface area (Å²) in [6, 6.07) is 6.75. The number of nitrogens with two attached hydrogens (primary N) is 1. The van der Waals surface area contributed by atoms with E-state index in [0.717, 1.165) is 0 Å². The van der Waals surface area contributed by atoms with Gasteiger partial charge in [-0.3, -0.25) is 9.48 Å². The van der Waals surface area contributed by atoms with E-state index in [4.69, 9.17) is 10.5 Å². The molecule has 0 aliphatic rings. The maximum absolute atomic E-state index is 12.0. The molecule has 6 heteroatoms. The molecule has 2 rings (SSSR count). The van der Waals surface area contributed by atoms with Gasteiger partial charge in [-0.15, -0.1) is 0 Å². The van der Waals surface area contributed by atoms with Crippen LogP contribution in [0.1, 0.15) is 10.4 Å². The summed E-state index contributed by atoms with van der Waals surface area (Å²) < 4.78 is 6.67. The van der Waals surface area contributed by atoms with E-state index in [1.807, 2.05) is 0 Å². The molecule has 0 atom stereocenters. The second kappa shape index (κ2) is 4.79. The number of aryl methyl sites for hydroxylation is 1. The average Bonchev–Trinajstić information content (AvgIpc) is 2.75. The molecule has 0 radical (unpaired) electrons. The van der Waals surface area contributed by atoms with Gasteiger partial charge in [-0.1, -0.05) is 6.07 Å². The van der Waals surface area contributed by atoms with Gasteiger partial charge >= 0.3 is 0 Å². The number of benzene rings is 1. The van der Waals surface area contributed by atoms with Gasteiger partial charge in [0, 0.05) is 19.3 Å². The molecule has 2 aromatic rings. The molecular weight excluding hydrogens is 232 g/mol. The molecule has 1 heterocycles. The molecule has 94 valence electrons. The average molecular weight is 246 g/mol. The number of carbonyl (C=O) groups is 1. The van der Waals surface area contributed by atoms with Crippen molar-refractivity contribution >= 4 is 17.4 Å². The third-order valence-corrected chi connectivity index (χ3v) is 2.49. The van der Waals surface area contributed by atoms with Crippen molar-refractivity contribution in [1.29, 1.82) is 0 Å². The Bertz CT molecular complexity index is 577. The number of para-hydroxylation sites is 1. The summed E-state index contributed by atoms with van der Waals surface area (Å²) in [5.41, 5.74) is 6.52. The second-order valence-electron chi connectivity index (χ2n) is 3.75. The summed E-state index contributed by atoms with van der Waals surface area (Å²) in [5.74, 6) is 0.637. The predicted molar refractivity (Wildman–Crippen MR) is 68.6 cm³/mol. The van der Waals surface area contributed by atoms with E-state index in [2.05, 4.69) is 10.4 Å². The Hall–Kier alpha value is -2.50. The lowest BCUT2D eigenvalue weighted by Gasteiger charge is -2.09. The number of amides is 1. The van der Waals surface area contributed by atoms with Crippen molar-refractivity contribution < 1.29 is 9.53 Å². The number of hydrogen-bond donors (Lipinski definition) is 2. The van der Waals surface area contributed by atoms with Gasteiger partial charge in [0.15, 0.2) is 5.82 Å². The summed E-state index contributed by atoms with van der Waals surface area (Å²) >= 11 is 0. The van der Waals surface area contributed by atoms with Gasteiger partial charge in [0.05, 0.1) is 18.4 Å². The number of aromatic nitrogens is 2. The van der Waals surface area contributed by atoms with Crippen molar-refractivity contribution in [2.75, 3.05) is 18.2 Å². The molecular formula is C12H14N4O2. The zero-order valence-corrected chi connectivity index (χ0v) is 10.2. The summed E-state index contributed by atoms with van der Waals surface area (Å²) in [6.07, 6.45) is 1.74. The fraction of sp³-hybridized carbons (Fsp3) is 0.167. The number of nitrogens with one attached hydrogen (secondary N) is 1. The van der Waals surface area contributed by atoms with Crippen LogP contribution >= 0.6 is 0 Å². The minimum absolute atomic E-state index is 0.313. The normalized spacial score (nSPS) is 10.1. The Morgan fingerprint density at radius 2 is 2.22 bits per heavy atom. The van der Waals surface area contributed by atoms with Gasteiger partial charge in [-0.05, 0) is 12.1 Å². The van der Waals surface area contributed by atoms with Crippen LogP contribution in [0.15, 0.2) is 30.5 Å². The third kappa shape index (κ3) is 2.27. The summed E-state index contributed by atoms with van der Waals surface area (Å²) in [5, 5.41) is 6.73. The van der Waals surface area contributed by atoms with Crippen LogP contribution in [0.25, 0.3) is 0 Å². The number of anilines is 2. The first-order chi connectivity index (χ1) is 8.61. The van der Waals surface area contributed by atoms with Crippen molar-refractivity contribution in [3.05, 3.63) is 36.0 Å². The number of ether oxygens (including phenoxy) is 1. The molecule has 0 aliphatic carbocycles. The number of carbonyl (C=O) groups excluding carboxylic acids is 1. The Kier molecular flexibility index (Phi) is 3.18. The minimum atomic E-state index is -0.315. The van der Waals surface area contributed by atoms with Crippen molar-refractivity contribution in [3.8, 4) is 5.75 Å². The first-order valence-electron chi connectivity index (χ1n) is 5.35. The summed E-state index contributed by atoms with van der Waals surface area (Å²) in [4.78, 5) is 12.0. The molecule has 1 aromatic carbocycles. The third-order valence-electron chi connectivity index (χ3n) is 2.49. The molecule has 18 heavy (non-hydrogen) atoms. The van der Waals surface area contributed by atoms with Crippen LogP contribution in [0, 0.1) is 0 Å². The quantitative estimate of drug-likeness (QED) is 0.799. The summed E-state index contributed by atoms with van der Waals surface area (Å²) in [6.45, 7) is 0. The Labute approximate surface area is 104 Å². The van der Waals surface area contributed by atoms with Crippen molar-refractivity contribution in [2.24, 2.45) is 7.05 Å². The Morgan fingerprint density at radius 3 is 2.83 bits per heavy atom. The molecule has 0 fully saturated rings. The highest BCUT2D eigenvalue weighted by Crippen LogP contribution is 2.25. The van der Waals surface area contributed by atoms with Crippen LogP contribution in [-0.4, -0.2) is 22.8 Å². The maximum Gasteiger partial charge on any atom is 0.259 e. The topological polar surface area (TPSA) is 82.2 Å². The van der Waals surface area contributed by atoms with E-state index in [-0.39, 0.29) is 5.91 Å². The van der Waals surface area contributed by atoms with Crippen molar-refractivity contribution in [2.45, 2.75) is 0 Å². The zero-order valence-electron chi connectivity index (χ0n) is 10.2. The van der Waals surface area contributed by atoms with Crippen LogP contribution in [0.2, 0.25) is 0 Å². The lowest BCUT2D eigenvalue weighted by atomic mass is 10.1. The molecule has 3 N–H and O–H groups in total. The lowest BCUT2D eigenvalue weighted by Crippen LogP contribution is -2.15. The monoisotopic (exact) mass is 246 g/mol. The van der Waals surface area contributed by atoms with Gasteiger partial charge in [0.1, 0.15) is 5.75 Å². The van der Waals surface area contributed by atoms with Gasteiger partial charge in [0.2, 0.25) is 0 Å². The van der Waals surface area contributed by atoms with Gasteiger partial charge in [-0.2, -0.15) is 5.10 Å². The largest absolute Gasteiger partial charge is 0.495 e. The van der Waals surface area contributed by atoms with E-state index >= 15 is 0 Å². The smallest absolute Gasteiger partial charge is 0.259 e. The zero-order chi connectivity index (χ0) is 13.1. The van der Waals surface area contributed by atoms with Crippen LogP contribution in [0.4, 0.5) is 11.5 Å². The van der Waals surface area contributed by atoms with Crippen LogP contribution in [-0.2, 0) is 7.05 Å². The molecule has 0 saturated heterocycles. The predicted octanol–water partition coefficient (Wildman–Crippen LogP) is 1.26. The standard InChI is InChI=1S/C12H14N4O2/c1-16-7-6-10(15-16)14-12(17)8-4-3-5-9(18-2)11(8)13/h3-7H,13H2,1-2H3,(H,14,15,17). The highest BCUT2D eigenvalue weighted by atomic mass is 16.5. The van der Waals surface area contributed by atoms with Gasteiger partial charge in [-0.25, -0.2) is 0 Å². The van der Waals surface area contributed by atoms with Crippen molar-refractivity contribution in [1.82, 2.24) is 9.78 Å². The van der Waals surface area contributed by atoms with E-state index in [9.17, 15) is 4.79 Å². The molecule has 0 unspecified atom stereocenters. The minimum Gasteiger partial charge on any atom is -0.495 e. The summed E-state index contributed by atoms with van der Waals surface area (Å²) in [7, 11) is 3.28. The van der Waals surface area contributed by atoms with Crippen LogP contribution < -0.4 is 15.8 Å². The number of methoxy groups -OCH3 is 1. The first-order valence-corrected chi connectivity index (χ1v) is 5.35. The fourth-order valence-electron chi connectivity index (χ4n) is 1.59. The number of nitrogens with zero attached hydrogens (tertiary/aromatic N) is 2. The number of hydrogen-bond acceptors (Lipinski definition) is 4. The Balaban J connectivity index is 2.24. The van der Waals surface area contributed by atoms with Crippen LogP contribution in [0.5, 0.6) is 5.75 Å². The van der Waals surface area contributed by atoms with E-state index in [1.54, 1.807) is 42.2 Å². The first kappa shape index (κ1) is 12.0. The molecule has 0 bridgehead atoms. The van der Waals surface area contributed by atoms with Crippen molar-refractivity contribution in [3.63, 3.8) is 0 Å². The Morgan fingerprint density at radius 1 is 1.44 bits per heavy atom. The second-order valence-corrected chi connectivity index (χ2v) is 3.75. The lowest BCUT2D eigenvalue weighted by molar-refractivity contribution is 0.102. The maximum atomic E-state index is 12.0. The van der Waals surface area contributed by atoms with Crippen LogP contribution in [0.3, 0.4) is 0 Å². The molecule has 6 nitrogen and oxygen atoms in total. The molecule has 0 saturated carbocycles. The van der Waals surface area contributed by atoms with E-state index in [0.29, 0.717) is 22.8 Å². The highest BCUT2D eigenvalue weighted by molar-refractivity contribution is 6.08.